The van der Waals surface area contributed by atoms with Crippen LogP contribution in [0.15, 0.2) is 200 Å². The molecule has 5 nitrogen and oxygen atoms in total. The van der Waals surface area contributed by atoms with Crippen molar-refractivity contribution < 1.29 is 16.2 Å². The molecule has 3 heterocycles. The average Bonchev–Trinajstić information content (AvgIpc) is 3.96. The highest BCUT2D eigenvalue weighted by Gasteiger charge is 2.25. The fourth-order valence-corrected chi connectivity index (χ4v) is 9.53. The second kappa shape index (κ2) is 17.5. The third-order valence-electron chi connectivity index (χ3n) is 13.4. The molecule has 0 aliphatic carbocycles. The number of para-hydroxylation sites is 2. The van der Waals surface area contributed by atoms with E-state index in [-0.39, 0.29) is 28.5 Å². The molecule has 0 bridgehead atoms. The summed E-state index contributed by atoms with van der Waals surface area (Å²) in [7, 11) is 0. The zero-order valence-corrected chi connectivity index (χ0v) is 40.9. The Morgan fingerprint density at radius 3 is 1.99 bits per heavy atom. The van der Waals surface area contributed by atoms with Crippen molar-refractivity contribution >= 4 is 32.8 Å². The van der Waals surface area contributed by atoms with Crippen LogP contribution in [0.4, 0.5) is 0 Å². The van der Waals surface area contributed by atoms with Crippen LogP contribution in [-0.2, 0) is 10.8 Å². The maximum atomic E-state index is 9.34. The molecule has 344 valence electrons. The number of benzene rings is 8. The van der Waals surface area contributed by atoms with Crippen LogP contribution in [0.25, 0.3) is 83.4 Å². The molecule has 0 aliphatic rings. The molecule has 0 spiro atoms. The van der Waals surface area contributed by atoms with E-state index in [0.717, 1.165) is 77.7 Å². The molecule has 0 N–H and O–H groups in total. The summed E-state index contributed by atoms with van der Waals surface area (Å²) in [6.45, 7) is 17.7. The first-order chi connectivity index (χ1) is 35.8. The summed E-state index contributed by atoms with van der Waals surface area (Å²) < 4.78 is 58.0. The molecule has 0 unspecified atom stereocenters. The third kappa shape index (κ3) is 8.26. The van der Waals surface area contributed by atoms with Crippen molar-refractivity contribution in [3.8, 4) is 62.1 Å². The zero-order valence-electron chi connectivity index (χ0n) is 45.9. The van der Waals surface area contributed by atoms with Crippen LogP contribution in [0.1, 0.15) is 84.9 Å². The summed E-state index contributed by atoms with van der Waals surface area (Å²) in [5.74, 6) is 2.47. The van der Waals surface area contributed by atoms with Gasteiger partial charge in [0.05, 0.1) is 40.3 Å². The summed E-state index contributed by atoms with van der Waals surface area (Å²) >= 11 is 0. The molecule has 0 aliphatic heterocycles. The van der Waals surface area contributed by atoms with Gasteiger partial charge in [-0.3, -0.25) is 13.7 Å². The third-order valence-corrected chi connectivity index (χ3v) is 13.4. The number of hydrogen-bond acceptors (Lipinski definition) is 2. The molecule has 0 radical (unpaired) electrons. The quantitative estimate of drug-likeness (QED) is 0.107. The number of pyridine rings is 1. The molecule has 0 amide bonds. The molecule has 5 heteroatoms. The Morgan fingerprint density at radius 1 is 0.557 bits per heavy atom. The number of nitrogens with zero attached hydrogens (tertiary/aromatic N) is 4. The van der Waals surface area contributed by atoms with E-state index in [1.54, 1.807) is 0 Å². The Kier molecular flexibility index (Phi) is 9.72. The smallest absolute Gasteiger partial charge is 0.269 e. The van der Waals surface area contributed by atoms with Crippen LogP contribution in [-0.4, -0.2) is 14.1 Å². The minimum atomic E-state index is -0.444. The van der Waals surface area contributed by atoms with Gasteiger partial charge in [-0.25, -0.2) is 4.98 Å². The van der Waals surface area contributed by atoms with Crippen LogP contribution in [0.2, 0.25) is 0 Å². The lowest BCUT2D eigenvalue weighted by Crippen LogP contribution is -2.31. The number of hydrogen-bond donors (Lipinski definition) is 0. The molecular formula is C65H58N4O. The average molecular weight is 916 g/mol. The van der Waals surface area contributed by atoms with E-state index in [4.69, 9.17) is 13.8 Å². The summed E-state index contributed by atoms with van der Waals surface area (Å²) in [6, 6.07) is 54.2. The number of rotatable bonds is 9. The minimum Gasteiger partial charge on any atom is -0.458 e. The number of imidazole rings is 1. The lowest BCUT2D eigenvalue weighted by Gasteiger charge is -2.27. The molecule has 8 aromatic carbocycles. The Morgan fingerprint density at radius 2 is 1.24 bits per heavy atom. The number of ether oxygens (including phenoxy) is 1. The van der Waals surface area contributed by atoms with Crippen LogP contribution in [0.5, 0.6) is 11.5 Å². The van der Waals surface area contributed by atoms with E-state index in [9.17, 15) is 2.74 Å². The molecule has 0 saturated heterocycles. The highest BCUT2D eigenvalue weighted by atomic mass is 16.5. The van der Waals surface area contributed by atoms with Crippen LogP contribution in [0.3, 0.4) is 0 Å². The summed E-state index contributed by atoms with van der Waals surface area (Å²) in [6.07, 6.45) is 5.66. The molecule has 0 saturated carbocycles. The van der Waals surface area contributed by atoms with E-state index in [1.807, 2.05) is 76.0 Å². The van der Waals surface area contributed by atoms with Gasteiger partial charge in [0, 0.05) is 23.0 Å². The predicted octanol–water partition coefficient (Wildman–Crippen LogP) is 16.7. The second-order valence-corrected chi connectivity index (χ2v) is 20.6. The highest BCUT2D eigenvalue weighted by Crippen LogP contribution is 2.40. The fourth-order valence-electron chi connectivity index (χ4n) is 9.53. The maximum Gasteiger partial charge on any atom is 0.269 e. The fraction of sp³-hybridized carbons (Fsp3) is 0.169. The number of fused-ring (bicyclic) bond motifs is 4. The standard InChI is InChI=1S/C65H58N4O/c1-43(2)46-33-34-66-62(38-46)69-58-28-16-15-25-56(58)57-31-30-53(41-60(57)69)70-52-24-17-23-51(40-52)67-42-68(61-37-47(29-32-59(61)67)44-19-11-9-12-20-44)63-54(45-21-13-10-14-22-45)26-18-27-55(63)48-35-49(64(3,4)5)39-50(36-48)65(6,7)8/h9-41,43H,1-8H3/i10D,13D,14D,21D,22D. The molecule has 0 atom stereocenters. The minimum absolute atomic E-state index is 0.108. The van der Waals surface area contributed by atoms with Crippen LogP contribution < -0.4 is 9.30 Å². The van der Waals surface area contributed by atoms with Gasteiger partial charge in [0.25, 0.3) is 6.33 Å². The van der Waals surface area contributed by atoms with Crippen molar-refractivity contribution in [3.05, 3.63) is 223 Å². The first-order valence-electron chi connectivity index (χ1n) is 26.6. The molecule has 3 aromatic heterocycles. The molecule has 11 aromatic rings. The topological polar surface area (TPSA) is 35.9 Å². The van der Waals surface area contributed by atoms with Crippen molar-refractivity contribution in [2.45, 2.75) is 72.1 Å². The molecule has 0 fully saturated rings. The Hall–Kier alpha value is -8.02. The van der Waals surface area contributed by atoms with Crippen LogP contribution >= 0.6 is 0 Å². The summed E-state index contributed by atoms with van der Waals surface area (Å²) in [5.41, 5.74) is 12.5. The predicted molar refractivity (Wildman–Crippen MR) is 290 cm³/mol. The van der Waals surface area contributed by atoms with E-state index in [1.165, 1.54) is 5.56 Å². The Balaban J connectivity index is 1.13. The monoisotopic (exact) mass is 915 g/mol. The van der Waals surface area contributed by atoms with E-state index < -0.39 is 18.1 Å². The van der Waals surface area contributed by atoms with Gasteiger partial charge in [-0.2, -0.15) is 0 Å². The van der Waals surface area contributed by atoms with Gasteiger partial charge in [0.2, 0.25) is 0 Å². The van der Waals surface area contributed by atoms with E-state index in [0.29, 0.717) is 28.7 Å². The van der Waals surface area contributed by atoms with Gasteiger partial charge in [-0.1, -0.05) is 189 Å². The van der Waals surface area contributed by atoms with Crippen molar-refractivity contribution in [2.75, 3.05) is 0 Å². The van der Waals surface area contributed by atoms with E-state index >= 15 is 0 Å². The van der Waals surface area contributed by atoms with Crippen molar-refractivity contribution in [1.82, 2.24) is 14.1 Å². The molecule has 70 heavy (non-hydrogen) atoms. The zero-order chi connectivity index (χ0) is 52.7. The molecule has 11 rings (SSSR count). The van der Waals surface area contributed by atoms with Crippen molar-refractivity contribution in [1.29, 1.82) is 0 Å². The second-order valence-electron chi connectivity index (χ2n) is 20.6. The van der Waals surface area contributed by atoms with Gasteiger partial charge in [0.15, 0.2) is 0 Å². The van der Waals surface area contributed by atoms with Crippen molar-refractivity contribution in [2.24, 2.45) is 0 Å². The Bertz CT molecular complexity index is 3990. The van der Waals surface area contributed by atoms with Gasteiger partial charge >= 0.3 is 0 Å². The van der Waals surface area contributed by atoms with Gasteiger partial charge in [-0.05, 0) is 121 Å². The van der Waals surface area contributed by atoms with Gasteiger partial charge in [0.1, 0.15) is 17.3 Å². The first kappa shape index (κ1) is 38.9. The lowest BCUT2D eigenvalue weighted by atomic mass is 9.78. The van der Waals surface area contributed by atoms with Gasteiger partial charge in [-0.15, -0.1) is 0 Å². The number of aromatic nitrogens is 4. The van der Waals surface area contributed by atoms with Crippen LogP contribution in [0, 0.1) is 6.33 Å². The maximum absolute atomic E-state index is 9.34. The molecular weight excluding hydrogens is 853 g/mol. The summed E-state index contributed by atoms with van der Waals surface area (Å²) in [5, 5.41) is 2.23. The SMILES string of the molecule is [2H]c1c([2H])c([2H])c(-c2cccc(-c3cc(C(C)(C)C)cc(C(C)(C)C)c3)c2-[n+]2[c-]n(-c3cccc(Oc4ccc5c6ccccc6n(-c6cc(C(C)C)ccn6)c5c4)c3)c3ccc(-c4ccccc4)cc32)c([2H])c1[2H]. The first-order valence-corrected chi connectivity index (χ1v) is 24.1. The largest absolute Gasteiger partial charge is 0.458 e. The Labute approximate surface area is 419 Å². The highest BCUT2D eigenvalue weighted by molar-refractivity contribution is 6.09. The van der Waals surface area contributed by atoms with Gasteiger partial charge < -0.3 is 4.74 Å². The van der Waals surface area contributed by atoms with Crippen molar-refractivity contribution in [3.63, 3.8) is 0 Å². The summed E-state index contributed by atoms with van der Waals surface area (Å²) in [4.78, 5) is 4.86. The van der Waals surface area contributed by atoms with E-state index in [2.05, 4.69) is 169 Å². The normalized spacial score (nSPS) is 13.1. The lowest BCUT2D eigenvalue weighted by molar-refractivity contribution is -0.571.